The van der Waals surface area contributed by atoms with Crippen LogP contribution in [0.1, 0.15) is 158 Å². The fourth-order valence-electron chi connectivity index (χ4n) is 9.25. The van der Waals surface area contributed by atoms with Crippen molar-refractivity contribution in [2.24, 2.45) is 29.0 Å². The maximum Gasteiger partial charge on any atom is 1.00 e. The number of ketones is 3. The van der Waals surface area contributed by atoms with Gasteiger partial charge in [-0.25, -0.2) is 14.6 Å². The zero-order valence-electron chi connectivity index (χ0n) is 54.3. The molecule has 4 bridgehead atoms. The van der Waals surface area contributed by atoms with Crippen LogP contribution in [0.3, 0.4) is 0 Å². The third kappa shape index (κ3) is 28.4. The number of hydrogen-bond acceptors (Lipinski definition) is 20. The number of benzene rings is 2. The number of pyridine rings is 3. The second kappa shape index (κ2) is 46.0. The molecule has 0 saturated carbocycles. The molecule has 4 atom stereocenters. The van der Waals surface area contributed by atoms with Gasteiger partial charge in [0, 0.05) is 104 Å². The van der Waals surface area contributed by atoms with Crippen LogP contribution in [-0.4, -0.2) is 138 Å². The van der Waals surface area contributed by atoms with Crippen molar-refractivity contribution in [3.63, 3.8) is 0 Å². The summed E-state index contributed by atoms with van der Waals surface area (Å²) in [5.41, 5.74) is 23.1. The number of hydrogen-bond donors (Lipinski definition) is 6. The summed E-state index contributed by atoms with van der Waals surface area (Å²) in [5.74, 6) is -3.61. The fourth-order valence-corrected chi connectivity index (χ4v) is 9.48. The topological polar surface area (TPSA) is 353 Å². The van der Waals surface area contributed by atoms with Gasteiger partial charge in [-0.2, -0.15) is 5.26 Å². The third-order valence-corrected chi connectivity index (χ3v) is 14.7. The second-order valence-electron chi connectivity index (χ2n) is 21.3. The number of nitriles is 1. The van der Waals surface area contributed by atoms with Crippen molar-refractivity contribution < 1.29 is 82.0 Å². The number of methoxy groups -OCH3 is 2. The number of aromatic nitrogens is 3. The molecule has 22 nitrogen and oxygen atoms in total. The van der Waals surface area contributed by atoms with Crippen molar-refractivity contribution in [2.45, 2.75) is 136 Å². The Hall–Kier alpha value is -7.16. The Balaban J connectivity index is 0.00000100. The SMILES string of the molecule is CCCCB(O)O.CCCCc1ccc(C(=O)C[C@@H](CCN)C(=O)N(C)[C@@H]2C(=O)C[C@@H](C)C(=O)N[C@H](C(=O)CCC#N)Cc3ccc(OCCN)c(c3)-c3cc2ccc3OCCN)cn1.CCCCc1ccc(C(=O)OC)cn1.COC(=O)c1ccc(Br)nc1.[CH3-].[Ru+]. The van der Waals surface area contributed by atoms with E-state index >= 15 is 0 Å². The van der Waals surface area contributed by atoms with Crippen molar-refractivity contribution in [3.05, 3.63) is 143 Å². The first-order valence-corrected chi connectivity index (χ1v) is 31.2. The van der Waals surface area contributed by atoms with Crippen molar-refractivity contribution in [2.75, 3.05) is 54.1 Å². The summed E-state index contributed by atoms with van der Waals surface area (Å²) in [6.45, 7) is 8.78. The van der Waals surface area contributed by atoms with E-state index in [1.807, 2.05) is 31.2 Å². The van der Waals surface area contributed by atoms with Crippen LogP contribution in [0.2, 0.25) is 6.32 Å². The molecule has 1 aliphatic rings. The molecule has 0 unspecified atom stereocenters. The van der Waals surface area contributed by atoms with Gasteiger partial charge in [0.15, 0.2) is 17.3 Å². The first-order valence-electron chi connectivity index (χ1n) is 30.4. The van der Waals surface area contributed by atoms with Crippen LogP contribution in [-0.2, 0) is 67.4 Å². The number of fused-ring (bicyclic) bond motifs is 5. The monoisotopic (exact) mass is 1420 g/mol. The zero-order valence-corrected chi connectivity index (χ0v) is 57.6. The molecule has 0 spiro atoms. The number of esters is 2. The van der Waals surface area contributed by atoms with Crippen LogP contribution in [0.15, 0.2) is 96.0 Å². The number of likely N-dealkylation sites (N-methyl/N-ethyl adjacent to an activating group) is 1. The summed E-state index contributed by atoms with van der Waals surface area (Å²) in [4.78, 5) is 105. The summed E-state index contributed by atoms with van der Waals surface area (Å²) in [5, 5.41) is 28.5. The fraction of sp³-hybridized carbons (Fsp3) is 0.463. The number of ether oxygens (including phenoxy) is 4. The smallest absolute Gasteiger partial charge is 0.492 e. The standard InChI is InChI=1S/C44H57N7O7.C11H15NO2.C7H6BrNO2.C4H11BO2.CH3.Ru/c1-4-5-7-33-12-10-32(27-49-33)38(53)26-31(15-17-46)44(56)51(3)42-30-11-14-41(58-21-19-48)35(25-30)34-23-29(9-13-40(34)57-20-18-47)24-36(37(52)8-6-16-45)50-43(55)28(2)22-39(42)54;1-3-4-5-10-7-6-9(8-12-10)11(13)14-2;1-11-7(10)5-2-3-6(8)9-4-5;1-2-3-4-5(6)7;;/h9-14,23,25,27-28,31,36,42H,4-8,15,17-22,24,26,46-48H2,1-3H3,(H,50,55);6-8H,3-5H2,1-2H3;2-4H,1H3;6-7H,2-4H2,1H3;1H3;/q;;;;-1;+1/t28-,31-,36+,42+;;;;;/m1...../s1. The minimum absolute atomic E-state index is 0. The predicted octanol–water partition coefficient (Wildman–Crippen LogP) is 8.56. The number of amides is 2. The molecule has 5 aromatic rings. The molecule has 3 aromatic heterocycles. The molecule has 0 saturated heterocycles. The predicted molar refractivity (Wildman–Crippen MR) is 354 cm³/mol. The molecule has 0 aliphatic carbocycles. The largest absolute Gasteiger partial charge is 1.00 e. The van der Waals surface area contributed by atoms with Crippen molar-refractivity contribution in [3.8, 4) is 28.7 Å². The summed E-state index contributed by atoms with van der Waals surface area (Å²) in [6, 6.07) is 20.8. The van der Waals surface area contributed by atoms with Crippen LogP contribution in [0.25, 0.3) is 11.1 Å². The van der Waals surface area contributed by atoms with Gasteiger partial charge in [-0.3, -0.25) is 33.9 Å². The first kappa shape index (κ1) is 82.9. The van der Waals surface area contributed by atoms with Crippen LogP contribution in [0.4, 0.5) is 0 Å². The van der Waals surface area contributed by atoms with E-state index < -0.39 is 48.6 Å². The average Bonchev–Trinajstić information content (AvgIpc) is 0.809. The number of carbonyl (C=O) groups excluding carboxylic acids is 7. The summed E-state index contributed by atoms with van der Waals surface area (Å²) < 4.78 is 22.0. The van der Waals surface area contributed by atoms with Crippen LogP contribution >= 0.6 is 15.9 Å². The second-order valence-corrected chi connectivity index (χ2v) is 22.1. The number of carbonyl (C=O) groups is 7. The van der Waals surface area contributed by atoms with Gasteiger partial charge in [0.1, 0.15) is 35.4 Å². The number of halogens is 1. The van der Waals surface area contributed by atoms with Crippen LogP contribution < -0.4 is 32.0 Å². The van der Waals surface area contributed by atoms with E-state index in [4.69, 9.17) is 36.7 Å². The Morgan fingerprint density at radius 2 is 1.28 bits per heavy atom. The Bertz CT molecular complexity index is 3100. The molecule has 9 N–H and O–H groups in total. The molecule has 501 valence electrons. The molecule has 4 heterocycles. The van der Waals surface area contributed by atoms with E-state index in [-0.39, 0.29) is 122 Å². The van der Waals surface area contributed by atoms with Gasteiger partial charge in [0.05, 0.1) is 37.5 Å². The van der Waals surface area contributed by atoms with Gasteiger partial charge in [0.25, 0.3) is 0 Å². The number of rotatable bonds is 27. The zero-order chi connectivity index (χ0) is 66.5. The molecule has 1 radical (unpaired) electrons. The Kier molecular flexibility index (Phi) is 41.4. The maximum atomic E-state index is 14.6. The van der Waals surface area contributed by atoms with E-state index in [0.29, 0.717) is 61.4 Å². The third-order valence-electron chi connectivity index (χ3n) is 14.3. The molecular weight excluding hydrogens is 1330 g/mol. The van der Waals surface area contributed by atoms with Gasteiger partial charge in [0.2, 0.25) is 11.8 Å². The quantitative estimate of drug-likeness (QED) is 0.00942. The van der Waals surface area contributed by atoms with Gasteiger partial charge < -0.3 is 63.8 Å². The van der Waals surface area contributed by atoms with Gasteiger partial charge in [-0.05, 0) is 139 Å². The summed E-state index contributed by atoms with van der Waals surface area (Å²) in [7, 11) is 3.12. The molecule has 2 amide bonds. The maximum absolute atomic E-state index is 14.6. The van der Waals surface area contributed by atoms with Gasteiger partial charge in [-0.1, -0.05) is 65.5 Å². The average molecular weight is 1420 g/mol. The number of unbranched alkanes of at least 4 members (excludes halogenated alkanes) is 3. The number of Topliss-reactive ketones (excluding diaryl/α,β-unsaturated/α-hetero) is 3. The summed E-state index contributed by atoms with van der Waals surface area (Å²) in [6.07, 6.45) is 12.8. The van der Waals surface area contributed by atoms with E-state index in [9.17, 15) is 38.8 Å². The van der Waals surface area contributed by atoms with Gasteiger partial charge in [-0.15, -0.1) is 0 Å². The molecule has 2 aromatic carbocycles. The van der Waals surface area contributed by atoms with Crippen LogP contribution in [0, 0.1) is 30.6 Å². The number of nitrogens with zero attached hydrogens (tertiary/aromatic N) is 5. The number of aryl methyl sites for hydroxylation is 2. The van der Waals surface area contributed by atoms with Crippen LogP contribution in [0.5, 0.6) is 11.5 Å². The van der Waals surface area contributed by atoms with E-state index in [0.717, 1.165) is 62.8 Å². The minimum Gasteiger partial charge on any atom is -0.492 e. The number of nitrogens with one attached hydrogen (secondary N) is 1. The molecule has 1 aliphatic heterocycles. The molecule has 0 fully saturated rings. The first-order chi connectivity index (χ1) is 43.2. The Labute approximate surface area is 563 Å². The van der Waals surface area contributed by atoms with E-state index in [1.54, 1.807) is 67.7 Å². The summed E-state index contributed by atoms with van der Waals surface area (Å²) >= 11 is 3.15. The van der Waals surface area contributed by atoms with Crippen molar-refractivity contribution in [1.82, 2.24) is 25.2 Å². The molecule has 92 heavy (non-hydrogen) atoms. The minimum atomic E-state index is -1.20. The number of nitrogens with two attached hydrogens (primary N) is 3. The Morgan fingerprint density at radius 1 is 0.750 bits per heavy atom. The molecule has 25 heteroatoms. The van der Waals surface area contributed by atoms with E-state index in [1.165, 1.54) is 38.6 Å². The molecule has 6 rings (SSSR count). The van der Waals surface area contributed by atoms with Gasteiger partial charge >= 0.3 is 38.5 Å². The Morgan fingerprint density at radius 3 is 1.75 bits per heavy atom. The molecular formula is C67H92BBrN9O13Ru. The normalized spacial score (nSPS) is 14.2. The van der Waals surface area contributed by atoms with E-state index in [2.05, 4.69) is 59.5 Å². The van der Waals surface area contributed by atoms with Crippen molar-refractivity contribution in [1.29, 1.82) is 5.26 Å². The van der Waals surface area contributed by atoms with Crippen molar-refractivity contribution >= 4 is 64.2 Å².